The Morgan fingerprint density at radius 3 is 2.85 bits per heavy atom. The number of para-hydroxylation sites is 1. The van der Waals surface area contributed by atoms with E-state index in [9.17, 15) is 18.7 Å². The minimum Gasteiger partial charge on any atom is -0.480 e. The van der Waals surface area contributed by atoms with Crippen LogP contribution in [0.3, 0.4) is 0 Å². The van der Waals surface area contributed by atoms with Crippen LogP contribution in [0.15, 0.2) is 42.7 Å². The molecule has 0 radical (unpaired) electrons. The maximum atomic E-state index is 12.5. The van der Waals surface area contributed by atoms with Crippen LogP contribution in [0.4, 0.5) is 20.4 Å². The van der Waals surface area contributed by atoms with Gasteiger partial charge in [0.05, 0.1) is 12.1 Å². The predicted octanol–water partition coefficient (Wildman–Crippen LogP) is 4.24. The molecule has 0 aliphatic carbocycles. The second kappa shape index (κ2) is 14.6. The first-order chi connectivity index (χ1) is 19.0. The van der Waals surface area contributed by atoms with Gasteiger partial charge in [-0.2, -0.15) is 0 Å². The maximum Gasteiger partial charge on any atom is 0.326 e. The van der Waals surface area contributed by atoms with Gasteiger partial charge in [0.25, 0.3) is 6.43 Å². The normalized spacial score (nSPS) is 13.8. The highest BCUT2D eigenvalue weighted by Crippen LogP contribution is 2.21. The Balaban J connectivity index is 1.31. The van der Waals surface area contributed by atoms with Crippen LogP contribution in [0.5, 0.6) is 0 Å². The summed E-state index contributed by atoms with van der Waals surface area (Å²) in [6.07, 6.45) is 3.99. The van der Waals surface area contributed by atoms with E-state index in [1.54, 1.807) is 0 Å². The Labute approximate surface area is 227 Å². The first kappa shape index (κ1) is 28.6. The number of hydrogen-bond donors (Lipinski definition) is 3. The quantitative estimate of drug-likeness (QED) is 0.229. The Morgan fingerprint density at radius 1 is 1.13 bits per heavy atom. The predicted molar refractivity (Wildman–Crippen MR) is 146 cm³/mol. The third-order valence-corrected chi connectivity index (χ3v) is 6.79. The van der Waals surface area contributed by atoms with E-state index >= 15 is 0 Å². The Bertz CT molecular complexity index is 1210. The van der Waals surface area contributed by atoms with Crippen molar-refractivity contribution in [2.75, 3.05) is 50.0 Å². The molecular weight excluding hydrogens is 506 g/mol. The number of carbonyl (C=O) groups is 1. The van der Waals surface area contributed by atoms with Crippen LogP contribution >= 0.6 is 0 Å². The molecule has 3 heterocycles. The van der Waals surface area contributed by atoms with Gasteiger partial charge in [0.15, 0.2) is 0 Å². The number of aryl methyl sites for hydroxylation is 2. The molecule has 210 valence electrons. The van der Waals surface area contributed by atoms with Gasteiger partial charge in [0.1, 0.15) is 30.6 Å². The van der Waals surface area contributed by atoms with Crippen molar-refractivity contribution in [3.8, 4) is 0 Å². The summed E-state index contributed by atoms with van der Waals surface area (Å²) < 4.78 is 30.1. The minimum absolute atomic E-state index is 0.157. The van der Waals surface area contributed by atoms with E-state index in [0.717, 1.165) is 61.1 Å². The first-order valence-corrected chi connectivity index (χ1v) is 13.5. The monoisotopic (exact) mass is 542 g/mol. The topological polar surface area (TPSA) is 112 Å². The highest BCUT2D eigenvalue weighted by molar-refractivity contribution is 5.90. The maximum absolute atomic E-state index is 12.5. The Morgan fingerprint density at radius 2 is 2.00 bits per heavy atom. The van der Waals surface area contributed by atoms with Crippen LogP contribution < -0.4 is 10.6 Å². The number of carboxylic acid groups (broad SMARTS) is 1. The molecule has 0 bridgehead atoms. The molecular formula is C28H36F2N6O3. The number of pyridine rings is 1. The summed E-state index contributed by atoms with van der Waals surface area (Å²) >= 11 is 0. The lowest BCUT2D eigenvalue weighted by atomic mass is 10.1. The summed E-state index contributed by atoms with van der Waals surface area (Å²) in [4.78, 5) is 27.4. The third kappa shape index (κ3) is 8.79. The number of aromatic nitrogens is 3. The number of unbranched alkanes of at least 4 members (excludes halogenated alkanes) is 1. The number of rotatable bonds is 16. The largest absolute Gasteiger partial charge is 0.480 e. The van der Waals surface area contributed by atoms with Crippen molar-refractivity contribution >= 4 is 28.5 Å². The van der Waals surface area contributed by atoms with Gasteiger partial charge in [-0.1, -0.05) is 18.2 Å². The van der Waals surface area contributed by atoms with Crippen LogP contribution in [-0.4, -0.2) is 82.8 Å². The van der Waals surface area contributed by atoms with Gasteiger partial charge in [-0.25, -0.2) is 28.5 Å². The zero-order valence-electron chi connectivity index (χ0n) is 22.0. The summed E-state index contributed by atoms with van der Waals surface area (Å²) in [5.41, 5.74) is 3.03. The number of halogens is 2. The molecule has 3 N–H and O–H groups in total. The zero-order chi connectivity index (χ0) is 27.5. The van der Waals surface area contributed by atoms with Gasteiger partial charge in [0, 0.05) is 30.7 Å². The van der Waals surface area contributed by atoms with Gasteiger partial charge in [0.2, 0.25) is 0 Å². The van der Waals surface area contributed by atoms with Crippen LogP contribution in [0.2, 0.25) is 0 Å². The second-order valence-corrected chi connectivity index (χ2v) is 9.67. The highest BCUT2D eigenvalue weighted by Gasteiger charge is 2.20. The van der Waals surface area contributed by atoms with Crippen molar-refractivity contribution in [3.63, 3.8) is 0 Å². The molecule has 1 aliphatic heterocycles. The molecule has 0 saturated heterocycles. The van der Waals surface area contributed by atoms with Crippen molar-refractivity contribution in [2.45, 2.75) is 51.0 Å². The number of nitrogens with one attached hydrogen (secondary N) is 2. The van der Waals surface area contributed by atoms with E-state index in [1.165, 1.54) is 11.9 Å². The van der Waals surface area contributed by atoms with Crippen molar-refractivity contribution in [1.82, 2.24) is 19.9 Å². The minimum atomic E-state index is -2.51. The number of ether oxygens (including phenoxy) is 1. The summed E-state index contributed by atoms with van der Waals surface area (Å²) in [5.74, 6) is 0.464. The number of nitrogens with zero attached hydrogens (tertiary/aromatic N) is 4. The van der Waals surface area contributed by atoms with Gasteiger partial charge in [-0.05, 0) is 68.8 Å². The zero-order valence-corrected chi connectivity index (χ0v) is 22.0. The molecule has 4 rings (SSSR count). The number of hydrogen-bond acceptors (Lipinski definition) is 8. The highest BCUT2D eigenvalue weighted by atomic mass is 19.3. The first-order valence-electron chi connectivity index (χ1n) is 13.5. The van der Waals surface area contributed by atoms with E-state index in [-0.39, 0.29) is 6.61 Å². The lowest BCUT2D eigenvalue weighted by Crippen LogP contribution is -2.37. The summed E-state index contributed by atoms with van der Waals surface area (Å²) in [6.45, 7) is 2.11. The van der Waals surface area contributed by atoms with Gasteiger partial charge >= 0.3 is 5.97 Å². The van der Waals surface area contributed by atoms with Crippen molar-refractivity contribution < 1.29 is 23.4 Å². The van der Waals surface area contributed by atoms with Crippen LogP contribution in [-0.2, 0) is 22.4 Å². The summed E-state index contributed by atoms with van der Waals surface area (Å²) in [7, 11) is 0. The molecule has 0 fully saturated rings. The fraction of sp³-hybridized carbons (Fsp3) is 0.500. The summed E-state index contributed by atoms with van der Waals surface area (Å²) in [5, 5.41) is 17.0. The van der Waals surface area contributed by atoms with Gasteiger partial charge in [-0.3, -0.25) is 0 Å². The SMILES string of the molecule is O=C(O)[C@H](CCN(CCCCc1ccc2c(n1)NCCC2)CCOCC(F)F)Nc1ncnc2ccccc12. The standard InChI is InChI=1S/C28H36F2N6O3/c29-25(30)18-39-17-16-36(14-4-3-7-21-11-10-20-6-5-13-31-26(20)34-21)15-12-24(28(37)38)35-27-22-8-1-2-9-23(22)32-19-33-27/h1-2,8-11,19,24-25H,3-7,12-18H2,(H,31,34)(H,37,38)(H,32,33,35)/t24-/m0/s1. The van der Waals surface area contributed by atoms with E-state index in [2.05, 4.69) is 37.6 Å². The smallest absolute Gasteiger partial charge is 0.326 e. The van der Waals surface area contributed by atoms with Gasteiger partial charge in [-0.15, -0.1) is 0 Å². The third-order valence-electron chi connectivity index (χ3n) is 6.79. The molecule has 9 nitrogen and oxygen atoms in total. The summed E-state index contributed by atoms with van der Waals surface area (Å²) in [6, 6.07) is 10.8. The average Bonchev–Trinajstić information content (AvgIpc) is 2.94. The van der Waals surface area contributed by atoms with Crippen LogP contribution in [0, 0.1) is 0 Å². The lowest BCUT2D eigenvalue weighted by molar-refractivity contribution is -0.138. The van der Waals surface area contributed by atoms with Crippen molar-refractivity contribution in [3.05, 3.63) is 54.0 Å². The molecule has 0 amide bonds. The number of alkyl halides is 2. The number of aliphatic carboxylic acids is 1. The van der Waals surface area contributed by atoms with Gasteiger partial charge < -0.3 is 25.4 Å². The number of benzene rings is 1. The molecule has 1 atom stereocenters. The molecule has 1 aliphatic rings. The molecule has 3 aromatic rings. The average molecular weight is 543 g/mol. The molecule has 1 aromatic carbocycles. The van der Waals surface area contributed by atoms with E-state index in [1.807, 2.05) is 24.3 Å². The molecule has 0 unspecified atom stereocenters. The molecule has 39 heavy (non-hydrogen) atoms. The van der Waals surface area contributed by atoms with E-state index < -0.39 is 25.0 Å². The lowest BCUT2D eigenvalue weighted by Gasteiger charge is -2.25. The van der Waals surface area contributed by atoms with E-state index in [0.29, 0.717) is 31.9 Å². The molecule has 0 saturated carbocycles. The Kier molecular flexibility index (Phi) is 10.7. The number of carboxylic acids is 1. The van der Waals surface area contributed by atoms with Crippen molar-refractivity contribution in [2.24, 2.45) is 0 Å². The second-order valence-electron chi connectivity index (χ2n) is 9.67. The molecule has 11 heteroatoms. The van der Waals surface area contributed by atoms with Crippen LogP contribution in [0.25, 0.3) is 10.9 Å². The fourth-order valence-corrected chi connectivity index (χ4v) is 4.70. The molecule has 2 aromatic heterocycles. The van der Waals surface area contributed by atoms with Crippen LogP contribution in [0.1, 0.15) is 36.9 Å². The van der Waals surface area contributed by atoms with Crippen molar-refractivity contribution in [1.29, 1.82) is 0 Å². The number of anilines is 2. The van der Waals surface area contributed by atoms with E-state index in [4.69, 9.17) is 9.72 Å². The molecule has 0 spiro atoms. The fourth-order valence-electron chi connectivity index (χ4n) is 4.70. The Hall–Kier alpha value is -3.44. The number of fused-ring (bicyclic) bond motifs is 2.